The number of hydrogen-bond donors (Lipinski definition) is 0. The minimum Gasteiger partial charge on any atom is -0.310 e. The molecular weight excluding hydrogens is 833 g/mol. The minimum absolute atomic E-state index is 0.221. The van der Waals surface area contributed by atoms with E-state index in [0.717, 1.165) is 29.2 Å². The van der Waals surface area contributed by atoms with Crippen LogP contribution in [0.25, 0.3) is 60.9 Å². The molecule has 0 spiro atoms. The molecule has 1 heterocycles. The van der Waals surface area contributed by atoms with Crippen LogP contribution in [0.4, 0.5) is 17.1 Å². The third kappa shape index (κ3) is 6.79. The fraction of sp³-hybridized carbons (Fsp3) is 0.0448. The first kappa shape index (κ1) is 40.5. The van der Waals surface area contributed by atoms with E-state index in [1.54, 1.807) is 0 Å². The van der Waals surface area contributed by atoms with Gasteiger partial charge in [-0.05, 0) is 134 Å². The van der Waals surface area contributed by atoms with Gasteiger partial charge in [-0.25, -0.2) is 0 Å². The van der Waals surface area contributed by atoms with Gasteiger partial charge in [0.2, 0.25) is 0 Å². The number of aromatic nitrogens is 1. The maximum Gasteiger partial charge on any atom is 0.0710 e. The Bertz CT molecular complexity index is 3590. The Labute approximate surface area is 404 Å². The summed E-state index contributed by atoms with van der Waals surface area (Å²) in [7, 11) is 0. The SMILES string of the molecule is C1=CC(c2ccc3c(c2)c2cc(N(c4ccc(-c5ccccc5)cc4)c4ccc(-c5ccccc5)cc4)ccc2n3-c2ccccc2)CC=C1C1(c2ccccc2)c2ccccc2-c2ccccc21. The van der Waals surface area contributed by atoms with E-state index in [0.29, 0.717) is 0 Å². The number of nitrogens with zero attached hydrogens (tertiary/aromatic N) is 2. The normalized spacial score (nSPS) is 14.6. The van der Waals surface area contributed by atoms with Gasteiger partial charge < -0.3 is 9.47 Å². The van der Waals surface area contributed by atoms with Crippen LogP contribution in [0.3, 0.4) is 0 Å². The Morgan fingerprint density at radius 2 is 0.870 bits per heavy atom. The molecule has 13 rings (SSSR count). The molecule has 2 aliphatic rings. The molecule has 0 saturated carbocycles. The summed E-state index contributed by atoms with van der Waals surface area (Å²) >= 11 is 0. The highest BCUT2D eigenvalue weighted by Gasteiger charge is 2.46. The molecule has 1 unspecified atom stereocenters. The fourth-order valence-electron chi connectivity index (χ4n) is 11.4. The van der Waals surface area contributed by atoms with E-state index >= 15 is 0 Å². The lowest BCUT2D eigenvalue weighted by Crippen LogP contribution is -2.29. The second kappa shape index (κ2) is 16.9. The molecule has 0 amide bonds. The summed E-state index contributed by atoms with van der Waals surface area (Å²) in [5.41, 5.74) is 20.5. The molecule has 0 aliphatic heterocycles. The van der Waals surface area contributed by atoms with Crippen molar-refractivity contribution in [2.45, 2.75) is 17.8 Å². The highest BCUT2D eigenvalue weighted by molar-refractivity contribution is 6.11. The monoisotopic (exact) mass is 880 g/mol. The van der Waals surface area contributed by atoms with Crippen molar-refractivity contribution in [1.82, 2.24) is 4.57 Å². The molecule has 69 heavy (non-hydrogen) atoms. The number of rotatable bonds is 9. The lowest BCUT2D eigenvalue weighted by molar-refractivity contribution is 0.735. The van der Waals surface area contributed by atoms with Crippen molar-refractivity contribution in [3.63, 3.8) is 0 Å². The van der Waals surface area contributed by atoms with E-state index in [-0.39, 0.29) is 5.92 Å². The second-order valence-corrected chi connectivity index (χ2v) is 18.4. The number of fused-ring (bicyclic) bond motifs is 6. The molecule has 2 heteroatoms. The van der Waals surface area contributed by atoms with Gasteiger partial charge in [0.1, 0.15) is 0 Å². The van der Waals surface area contributed by atoms with Crippen molar-refractivity contribution in [3.8, 4) is 39.1 Å². The maximum atomic E-state index is 2.52. The summed E-state index contributed by atoms with van der Waals surface area (Å²) in [5.74, 6) is 0.221. The summed E-state index contributed by atoms with van der Waals surface area (Å²) in [4.78, 5) is 2.40. The molecule has 326 valence electrons. The standard InChI is InChI=1S/C67H48N2/c1-5-17-47(18-6-1)49-31-38-56(39-32-49)68(57-40-33-50(34-41-57)48-19-7-2-8-20-48)58-42-44-66-62(46-58)61-45-52(35-43-65(61)69(66)55-23-11-4-12-24-55)51-29-36-54(37-30-51)67(53-21-9-3-10-22-53)63-27-15-13-25-59(63)60-26-14-16-28-64(60)67/h1-29,31-46,51H,30H2. The maximum absolute atomic E-state index is 2.52. The predicted molar refractivity (Wildman–Crippen MR) is 289 cm³/mol. The Hall–Kier alpha value is -8.72. The Morgan fingerprint density at radius 1 is 0.406 bits per heavy atom. The lowest BCUT2D eigenvalue weighted by atomic mass is 9.65. The molecule has 0 fully saturated rings. The molecular formula is C67H48N2. The number of hydrogen-bond acceptors (Lipinski definition) is 1. The average molecular weight is 881 g/mol. The minimum atomic E-state index is -0.394. The van der Waals surface area contributed by atoms with Crippen LogP contribution in [-0.2, 0) is 5.41 Å². The summed E-state index contributed by atoms with van der Waals surface area (Å²) in [6, 6.07) is 93.4. The number of benzene rings is 10. The van der Waals surface area contributed by atoms with E-state index in [2.05, 4.69) is 282 Å². The highest BCUT2D eigenvalue weighted by Crippen LogP contribution is 2.57. The van der Waals surface area contributed by atoms with Crippen LogP contribution in [-0.4, -0.2) is 4.57 Å². The summed E-state index contributed by atoms with van der Waals surface area (Å²) in [6.45, 7) is 0. The van der Waals surface area contributed by atoms with E-state index in [1.807, 2.05) is 0 Å². The van der Waals surface area contributed by atoms with Crippen LogP contribution in [0.1, 0.15) is 34.6 Å². The molecule has 0 bridgehead atoms. The number of anilines is 3. The van der Waals surface area contributed by atoms with E-state index in [9.17, 15) is 0 Å². The summed E-state index contributed by atoms with van der Waals surface area (Å²) in [6.07, 6.45) is 8.33. The molecule has 10 aromatic carbocycles. The van der Waals surface area contributed by atoms with Crippen LogP contribution >= 0.6 is 0 Å². The molecule has 0 radical (unpaired) electrons. The highest BCUT2D eigenvalue weighted by atomic mass is 15.1. The van der Waals surface area contributed by atoms with E-state index in [4.69, 9.17) is 0 Å². The Morgan fingerprint density at radius 3 is 1.42 bits per heavy atom. The van der Waals surface area contributed by atoms with Gasteiger partial charge in [-0.1, -0.05) is 206 Å². The third-order valence-corrected chi connectivity index (χ3v) is 14.6. The van der Waals surface area contributed by atoms with Gasteiger partial charge in [-0.2, -0.15) is 0 Å². The Balaban J connectivity index is 0.930. The predicted octanol–water partition coefficient (Wildman–Crippen LogP) is 17.6. The number of para-hydroxylation sites is 1. The number of allylic oxidation sites excluding steroid dienone is 4. The molecule has 1 aromatic heterocycles. The summed E-state index contributed by atoms with van der Waals surface area (Å²) < 4.78 is 2.43. The van der Waals surface area contributed by atoms with Crippen LogP contribution < -0.4 is 4.90 Å². The van der Waals surface area contributed by atoms with Gasteiger partial charge in [0.25, 0.3) is 0 Å². The van der Waals surface area contributed by atoms with E-state index < -0.39 is 5.41 Å². The fourth-order valence-corrected chi connectivity index (χ4v) is 11.4. The van der Waals surface area contributed by atoms with Crippen molar-refractivity contribution < 1.29 is 0 Å². The molecule has 0 saturated heterocycles. The van der Waals surface area contributed by atoms with Crippen molar-refractivity contribution in [2.24, 2.45) is 0 Å². The van der Waals surface area contributed by atoms with Crippen LogP contribution in [0.15, 0.2) is 279 Å². The van der Waals surface area contributed by atoms with Gasteiger partial charge in [-0.3, -0.25) is 0 Å². The zero-order valence-corrected chi connectivity index (χ0v) is 38.2. The summed E-state index contributed by atoms with van der Waals surface area (Å²) in [5, 5.41) is 2.47. The van der Waals surface area contributed by atoms with E-state index in [1.165, 1.54) is 83.0 Å². The van der Waals surface area contributed by atoms with Crippen LogP contribution in [0.5, 0.6) is 0 Å². The first-order chi connectivity index (χ1) is 34.2. The van der Waals surface area contributed by atoms with Crippen LogP contribution in [0, 0.1) is 0 Å². The first-order valence-electron chi connectivity index (χ1n) is 24.1. The lowest BCUT2D eigenvalue weighted by Gasteiger charge is -2.36. The molecule has 2 nitrogen and oxygen atoms in total. The third-order valence-electron chi connectivity index (χ3n) is 14.6. The van der Waals surface area contributed by atoms with Crippen molar-refractivity contribution in [3.05, 3.63) is 301 Å². The van der Waals surface area contributed by atoms with Gasteiger partial charge >= 0.3 is 0 Å². The zero-order valence-electron chi connectivity index (χ0n) is 38.2. The topological polar surface area (TPSA) is 8.17 Å². The van der Waals surface area contributed by atoms with Gasteiger partial charge in [0.15, 0.2) is 0 Å². The average Bonchev–Trinajstić information content (AvgIpc) is 3.92. The van der Waals surface area contributed by atoms with Gasteiger partial charge in [0, 0.05) is 39.4 Å². The first-order valence-corrected chi connectivity index (χ1v) is 24.1. The largest absolute Gasteiger partial charge is 0.310 e. The quantitative estimate of drug-likeness (QED) is 0.140. The van der Waals surface area contributed by atoms with Gasteiger partial charge in [0.05, 0.1) is 16.4 Å². The van der Waals surface area contributed by atoms with Crippen molar-refractivity contribution in [1.29, 1.82) is 0 Å². The smallest absolute Gasteiger partial charge is 0.0710 e. The molecule has 11 aromatic rings. The molecule has 2 aliphatic carbocycles. The van der Waals surface area contributed by atoms with Crippen LogP contribution in [0.2, 0.25) is 0 Å². The van der Waals surface area contributed by atoms with Gasteiger partial charge in [-0.15, -0.1) is 0 Å². The second-order valence-electron chi connectivity index (χ2n) is 18.4. The van der Waals surface area contributed by atoms with Crippen molar-refractivity contribution >= 4 is 38.9 Å². The Kier molecular flexibility index (Phi) is 9.91. The molecule has 1 atom stereocenters. The van der Waals surface area contributed by atoms with Crippen molar-refractivity contribution in [2.75, 3.05) is 4.90 Å². The molecule has 0 N–H and O–H groups in total. The zero-order chi connectivity index (χ0) is 45.7.